The Morgan fingerprint density at radius 1 is 1.13 bits per heavy atom. The number of benzene rings is 2. The van der Waals surface area contributed by atoms with E-state index in [0.29, 0.717) is 35.9 Å². The van der Waals surface area contributed by atoms with Crippen LogP contribution >= 0.6 is 0 Å². The summed E-state index contributed by atoms with van der Waals surface area (Å²) in [4.78, 5) is 24.4. The molecule has 3 N–H and O–H groups in total. The van der Waals surface area contributed by atoms with Crippen LogP contribution in [0.2, 0.25) is 0 Å². The second-order valence-corrected chi connectivity index (χ2v) is 6.87. The molecule has 0 aliphatic carbocycles. The van der Waals surface area contributed by atoms with E-state index in [2.05, 4.69) is 37.7 Å². The second kappa shape index (κ2) is 8.45. The topological polar surface area (TPSA) is 106 Å². The van der Waals surface area contributed by atoms with Gasteiger partial charge < -0.3 is 15.6 Å². The van der Waals surface area contributed by atoms with Crippen molar-refractivity contribution >= 4 is 28.3 Å². The Kier molecular flexibility index (Phi) is 5.39. The summed E-state index contributed by atoms with van der Waals surface area (Å²) in [5.74, 6) is 0.728. The van der Waals surface area contributed by atoms with Crippen molar-refractivity contribution in [2.24, 2.45) is 0 Å². The van der Waals surface area contributed by atoms with Crippen LogP contribution in [0.15, 0.2) is 60.8 Å². The van der Waals surface area contributed by atoms with Gasteiger partial charge in [-0.2, -0.15) is 5.26 Å². The maximum Gasteiger partial charge on any atom is 0.270 e. The largest absolute Gasteiger partial charge is 0.361 e. The van der Waals surface area contributed by atoms with Gasteiger partial charge in [-0.15, -0.1) is 0 Å². The highest BCUT2D eigenvalue weighted by atomic mass is 16.1. The maximum atomic E-state index is 12.6. The van der Waals surface area contributed by atoms with Crippen molar-refractivity contribution in [2.45, 2.75) is 13.3 Å². The zero-order valence-electron chi connectivity index (χ0n) is 16.4. The van der Waals surface area contributed by atoms with Crippen molar-refractivity contribution in [3.63, 3.8) is 0 Å². The Morgan fingerprint density at radius 3 is 2.87 bits per heavy atom. The summed E-state index contributed by atoms with van der Waals surface area (Å²) in [6.07, 6.45) is 2.69. The summed E-state index contributed by atoms with van der Waals surface area (Å²) in [5.41, 5.74) is 3.80. The summed E-state index contributed by atoms with van der Waals surface area (Å²) < 4.78 is 0. The Labute approximate surface area is 173 Å². The first kappa shape index (κ1) is 19.2. The molecule has 0 aliphatic heterocycles. The van der Waals surface area contributed by atoms with E-state index < -0.39 is 0 Å². The number of nitrogens with one attached hydrogen (secondary N) is 3. The molecule has 0 atom stereocenters. The minimum Gasteiger partial charge on any atom is -0.361 e. The number of anilines is 2. The summed E-state index contributed by atoms with van der Waals surface area (Å²) in [7, 11) is 0. The number of fused-ring (bicyclic) bond motifs is 1. The number of para-hydroxylation sites is 1. The first-order chi connectivity index (χ1) is 14.6. The number of rotatable bonds is 6. The number of H-pyrrole nitrogens is 1. The average Bonchev–Trinajstić information content (AvgIpc) is 3.16. The van der Waals surface area contributed by atoms with E-state index in [9.17, 15) is 4.79 Å². The van der Waals surface area contributed by atoms with E-state index in [-0.39, 0.29) is 5.91 Å². The third-order valence-electron chi connectivity index (χ3n) is 4.69. The third-order valence-corrected chi connectivity index (χ3v) is 4.69. The van der Waals surface area contributed by atoms with E-state index in [0.717, 1.165) is 22.2 Å². The zero-order chi connectivity index (χ0) is 20.9. The highest BCUT2D eigenvalue weighted by Gasteiger charge is 2.11. The quantitative estimate of drug-likeness (QED) is 0.459. The molecule has 2 aromatic heterocycles. The maximum absolute atomic E-state index is 12.6. The zero-order valence-corrected chi connectivity index (χ0v) is 16.4. The van der Waals surface area contributed by atoms with Gasteiger partial charge in [-0.3, -0.25) is 4.79 Å². The average molecular weight is 396 g/mol. The van der Waals surface area contributed by atoms with Gasteiger partial charge in [-0.05, 0) is 43.2 Å². The Hall–Kier alpha value is -4.18. The monoisotopic (exact) mass is 396 g/mol. The molecule has 1 amide bonds. The van der Waals surface area contributed by atoms with Crippen LogP contribution in [0.3, 0.4) is 0 Å². The molecule has 0 unspecified atom stereocenters. The van der Waals surface area contributed by atoms with E-state index in [1.165, 1.54) is 0 Å². The number of aromatic amines is 1. The van der Waals surface area contributed by atoms with Crippen molar-refractivity contribution in [1.82, 2.24) is 20.3 Å². The van der Waals surface area contributed by atoms with Gasteiger partial charge in [-0.25, -0.2) is 9.97 Å². The molecule has 0 spiro atoms. The molecule has 2 aromatic carbocycles. The number of amides is 1. The Balaban J connectivity index is 1.43. The molecule has 0 radical (unpaired) electrons. The molecule has 7 nitrogen and oxygen atoms in total. The molecule has 30 heavy (non-hydrogen) atoms. The van der Waals surface area contributed by atoms with Crippen molar-refractivity contribution in [1.29, 1.82) is 5.26 Å². The first-order valence-corrected chi connectivity index (χ1v) is 9.58. The lowest BCUT2D eigenvalue weighted by atomic mass is 10.1. The number of carbonyl (C=O) groups excluding carboxylic acids is 1. The van der Waals surface area contributed by atoms with Crippen molar-refractivity contribution in [3.05, 3.63) is 83.4 Å². The van der Waals surface area contributed by atoms with Crippen LogP contribution < -0.4 is 10.6 Å². The van der Waals surface area contributed by atoms with Gasteiger partial charge in [0.25, 0.3) is 5.91 Å². The minimum absolute atomic E-state index is 0.255. The number of aromatic nitrogens is 3. The van der Waals surface area contributed by atoms with Gasteiger partial charge in [0.2, 0.25) is 0 Å². The van der Waals surface area contributed by atoms with E-state index in [1.54, 1.807) is 31.2 Å². The van der Waals surface area contributed by atoms with Crippen molar-refractivity contribution in [2.75, 3.05) is 11.9 Å². The second-order valence-electron chi connectivity index (χ2n) is 6.87. The molecule has 2 heterocycles. The van der Waals surface area contributed by atoms with Gasteiger partial charge in [-0.1, -0.05) is 24.3 Å². The fourth-order valence-corrected chi connectivity index (χ4v) is 3.30. The predicted molar refractivity (Wildman–Crippen MR) is 116 cm³/mol. The summed E-state index contributed by atoms with van der Waals surface area (Å²) in [6.45, 7) is 2.23. The molecule has 4 rings (SSSR count). The molecule has 7 heteroatoms. The molecule has 4 aromatic rings. The van der Waals surface area contributed by atoms with Gasteiger partial charge >= 0.3 is 0 Å². The molecule has 0 saturated carbocycles. The van der Waals surface area contributed by atoms with Crippen LogP contribution in [0.1, 0.15) is 27.4 Å². The summed E-state index contributed by atoms with van der Waals surface area (Å²) >= 11 is 0. The van der Waals surface area contributed by atoms with Gasteiger partial charge in [0.1, 0.15) is 17.3 Å². The molecular formula is C23H20N6O. The fraction of sp³-hybridized carbons (Fsp3) is 0.130. The predicted octanol–water partition coefficient (Wildman–Crippen LogP) is 3.85. The Bertz CT molecular complexity index is 1250. The van der Waals surface area contributed by atoms with Gasteiger partial charge in [0.15, 0.2) is 0 Å². The lowest BCUT2D eigenvalue weighted by molar-refractivity contribution is 0.0949. The van der Waals surface area contributed by atoms with Gasteiger partial charge in [0.05, 0.1) is 11.6 Å². The number of nitrogens with zero attached hydrogens (tertiary/aromatic N) is 3. The van der Waals surface area contributed by atoms with Crippen molar-refractivity contribution < 1.29 is 4.79 Å². The molecule has 0 fully saturated rings. The van der Waals surface area contributed by atoms with Crippen LogP contribution in [-0.2, 0) is 6.42 Å². The number of nitriles is 1. The minimum atomic E-state index is -0.255. The Morgan fingerprint density at radius 2 is 2.00 bits per heavy atom. The number of hydrogen-bond acceptors (Lipinski definition) is 5. The number of hydrogen-bond donors (Lipinski definition) is 3. The van der Waals surface area contributed by atoms with E-state index in [4.69, 9.17) is 5.26 Å². The molecule has 0 aliphatic rings. The lowest BCUT2D eigenvalue weighted by Crippen LogP contribution is -2.27. The highest BCUT2D eigenvalue weighted by Crippen LogP contribution is 2.18. The molecular weight excluding hydrogens is 376 g/mol. The third kappa shape index (κ3) is 4.28. The fourth-order valence-electron chi connectivity index (χ4n) is 3.30. The SMILES string of the molecule is Cc1nc(Nc2cccc(C#N)c2)cc(C(=O)NCCc2c[nH]c3ccccc23)n1. The van der Waals surface area contributed by atoms with Crippen LogP contribution in [0.5, 0.6) is 0 Å². The van der Waals surface area contributed by atoms with Gasteiger partial charge in [0, 0.05) is 35.4 Å². The normalized spacial score (nSPS) is 10.5. The molecule has 0 bridgehead atoms. The van der Waals surface area contributed by atoms with Crippen LogP contribution in [0.25, 0.3) is 10.9 Å². The smallest absolute Gasteiger partial charge is 0.270 e. The molecule has 0 saturated heterocycles. The van der Waals surface area contributed by atoms with E-state index in [1.807, 2.05) is 30.5 Å². The number of carbonyl (C=O) groups is 1. The molecule has 148 valence electrons. The standard InChI is InChI=1S/C23H20N6O/c1-15-27-21(12-22(28-15)29-18-6-4-5-16(11-18)13-24)23(30)25-10-9-17-14-26-20-8-3-2-7-19(17)20/h2-8,11-12,14,26H,9-10H2,1H3,(H,25,30)(H,27,28,29). The lowest BCUT2D eigenvalue weighted by Gasteiger charge is -2.09. The first-order valence-electron chi connectivity index (χ1n) is 9.58. The van der Waals surface area contributed by atoms with E-state index >= 15 is 0 Å². The van der Waals surface area contributed by atoms with Crippen molar-refractivity contribution in [3.8, 4) is 6.07 Å². The summed E-state index contributed by atoms with van der Waals surface area (Å²) in [5, 5.41) is 16.3. The number of aryl methyl sites for hydroxylation is 1. The summed E-state index contributed by atoms with van der Waals surface area (Å²) in [6, 6.07) is 18.9. The highest BCUT2D eigenvalue weighted by molar-refractivity contribution is 5.93. The van der Waals surface area contributed by atoms with Crippen LogP contribution in [-0.4, -0.2) is 27.4 Å². The van der Waals surface area contributed by atoms with Crippen LogP contribution in [0, 0.1) is 18.3 Å². The van der Waals surface area contributed by atoms with Crippen LogP contribution in [0.4, 0.5) is 11.5 Å².